The summed E-state index contributed by atoms with van der Waals surface area (Å²) in [6, 6.07) is 7.79. The zero-order valence-electron chi connectivity index (χ0n) is 7.16. The molecule has 0 unspecified atom stereocenters. The molecular weight excluding hydrogens is 248 g/mol. The quantitative estimate of drug-likeness (QED) is 0.888. The van der Waals surface area contributed by atoms with Gasteiger partial charge in [-0.05, 0) is 17.7 Å². The van der Waals surface area contributed by atoms with Crippen LogP contribution >= 0.6 is 15.9 Å². The largest absolute Gasteiger partial charge is 0.438 e. The number of nitrogens with one attached hydrogen (secondary N) is 1. The van der Waals surface area contributed by atoms with Crippen molar-refractivity contribution in [1.82, 2.24) is 10.1 Å². The van der Waals surface area contributed by atoms with Gasteiger partial charge in [0.1, 0.15) is 0 Å². The van der Waals surface area contributed by atoms with Gasteiger partial charge >= 0.3 is 5.76 Å². The minimum atomic E-state index is -0.519. The number of hydrogen-bond acceptors (Lipinski definition) is 3. The van der Waals surface area contributed by atoms with Crippen LogP contribution in [0.2, 0.25) is 0 Å². The standard InChI is InChI=1S/C9H7BrN2O2/c10-7-3-1-2-6(4-7)5-8-11-9(13)14-12-8/h1-4H,5H2,(H,11,12,13). The first-order valence-electron chi connectivity index (χ1n) is 4.03. The number of rotatable bonds is 2. The van der Waals surface area contributed by atoms with Crippen molar-refractivity contribution < 1.29 is 4.52 Å². The normalized spacial score (nSPS) is 10.4. The molecule has 2 aromatic rings. The zero-order valence-corrected chi connectivity index (χ0v) is 8.74. The summed E-state index contributed by atoms with van der Waals surface area (Å²) in [5.74, 6) is 0.0168. The number of nitrogens with zero attached hydrogens (tertiary/aromatic N) is 1. The predicted molar refractivity (Wildman–Crippen MR) is 54.1 cm³/mol. The van der Waals surface area contributed by atoms with Gasteiger partial charge in [-0.15, -0.1) is 0 Å². The molecule has 1 N–H and O–H groups in total. The monoisotopic (exact) mass is 254 g/mol. The maximum atomic E-state index is 10.7. The van der Waals surface area contributed by atoms with E-state index < -0.39 is 5.76 Å². The summed E-state index contributed by atoms with van der Waals surface area (Å²) >= 11 is 3.36. The van der Waals surface area contributed by atoms with E-state index in [2.05, 4.69) is 30.6 Å². The van der Waals surface area contributed by atoms with Crippen molar-refractivity contribution in [1.29, 1.82) is 0 Å². The van der Waals surface area contributed by atoms with Gasteiger partial charge in [-0.1, -0.05) is 33.2 Å². The van der Waals surface area contributed by atoms with Crippen LogP contribution in [-0.4, -0.2) is 10.1 Å². The Kier molecular flexibility index (Phi) is 2.49. The molecule has 1 heterocycles. The predicted octanol–water partition coefficient (Wildman–Crippen LogP) is 1.72. The van der Waals surface area contributed by atoms with Gasteiger partial charge in [0.15, 0.2) is 5.82 Å². The van der Waals surface area contributed by atoms with Crippen molar-refractivity contribution in [3.05, 3.63) is 50.7 Å². The van der Waals surface area contributed by atoms with Gasteiger partial charge in [0.05, 0.1) is 0 Å². The third-order valence-corrected chi connectivity index (χ3v) is 2.24. The molecule has 1 aromatic heterocycles. The Morgan fingerprint density at radius 1 is 1.50 bits per heavy atom. The molecule has 0 aliphatic carbocycles. The Bertz CT molecular complexity index is 489. The fourth-order valence-electron chi connectivity index (χ4n) is 1.18. The SMILES string of the molecule is O=c1[nH]c(Cc2cccc(Br)c2)no1. The highest BCUT2D eigenvalue weighted by Crippen LogP contribution is 2.13. The Balaban J connectivity index is 2.22. The number of aromatic amines is 1. The van der Waals surface area contributed by atoms with E-state index in [0.29, 0.717) is 12.2 Å². The van der Waals surface area contributed by atoms with Crippen LogP contribution in [0.3, 0.4) is 0 Å². The minimum absolute atomic E-state index is 0.519. The molecule has 0 bridgehead atoms. The van der Waals surface area contributed by atoms with Gasteiger partial charge in [0, 0.05) is 10.9 Å². The molecule has 4 nitrogen and oxygen atoms in total. The summed E-state index contributed by atoms with van der Waals surface area (Å²) in [6.07, 6.45) is 0.561. The highest BCUT2D eigenvalue weighted by atomic mass is 79.9. The second-order valence-electron chi connectivity index (χ2n) is 2.85. The molecule has 0 amide bonds. The first kappa shape index (κ1) is 9.21. The summed E-state index contributed by atoms with van der Waals surface area (Å²) in [4.78, 5) is 13.1. The molecule has 0 atom stereocenters. The van der Waals surface area contributed by atoms with E-state index in [1.165, 1.54) is 0 Å². The molecule has 0 spiro atoms. The lowest BCUT2D eigenvalue weighted by molar-refractivity contribution is 0.382. The second kappa shape index (κ2) is 3.79. The molecule has 0 saturated heterocycles. The highest BCUT2D eigenvalue weighted by Gasteiger charge is 2.01. The van der Waals surface area contributed by atoms with Crippen LogP contribution in [0, 0.1) is 0 Å². The van der Waals surface area contributed by atoms with Crippen molar-refractivity contribution in [2.45, 2.75) is 6.42 Å². The lowest BCUT2D eigenvalue weighted by atomic mass is 10.1. The zero-order chi connectivity index (χ0) is 9.97. The average Bonchev–Trinajstić information content (AvgIpc) is 2.51. The molecule has 0 fully saturated rings. The van der Waals surface area contributed by atoms with Crippen molar-refractivity contribution in [2.75, 3.05) is 0 Å². The molecule has 5 heteroatoms. The summed E-state index contributed by atoms with van der Waals surface area (Å²) < 4.78 is 5.39. The first-order chi connectivity index (χ1) is 6.74. The Morgan fingerprint density at radius 3 is 3.00 bits per heavy atom. The molecule has 1 aromatic carbocycles. The Morgan fingerprint density at radius 2 is 2.36 bits per heavy atom. The van der Waals surface area contributed by atoms with Crippen LogP contribution in [0.1, 0.15) is 11.4 Å². The van der Waals surface area contributed by atoms with Crippen LogP contribution in [0.15, 0.2) is 38.1 Å². The van der Waals surface area contributed by atoms with Crippen molar-refractivity contribution in [3.63, 3.8) is 0 Å². The number of benzene rings is 1. The lowest BCUT2D eigenvalue weighted by Gasteiger charge is -1.96. The molecular formula is C9H7BrN2O2. The van der Waals surface area contributed by atoms with Crippen LogP contribution < -0.4 is 5.76 Å². The van der Waals surface area contributed by atoms with Crippen LogP contribution in [0.5, 0.6) is 0 Å². The fraction of sp³-hybridized carbons (Fsp3) is 0.111. The van der Waals surface area contributed by atoms with Gasteiger partial charge in [0.2, 0.25) is 0 Å². The van der Waals surface area contributed by atoms with Gasteiger partial charge in [0.25, 0.3) is 0 Å². The minimum Gasteiger partial charge on any atom is -0.296 e. The van der Waals surface area contributed by atoms with Crippen LogP contribution in [0.4, 0.5) is 0 Å². The van der Waals surface area contributed by atoms with Crippen molar-refractivity contribution in [2.24, 2.45) is 0 Å². The number of aromatic nitrogens is 2. The van der Waals surface area contributed by atoms with Crippen LogP contribution in [-0.2, 0) is 6.42 Å². The van der Waals surface area contributed by atoms with E-state index in [1.54, 1.807) is 0 Å². The maximum Gasteiger partial charge on any atom is 0.438 e. The van der Waals surface area contributed by atoms with Crippen LogP contribution in [0.25, 0.3) is 0 Å². The van der Waals surface area contributed by atoms with E-state index in [1.807, 2.05) is 24.3 Å². The molecule has 0 aliphatic rings. The average molecular weight is 255 g/mol. The molecule has 0 saturated carbocycles. The smallest absolute Gasteiger partial charge is 0.296 e. The lowest BCUT2D eigenvalue weighted by Crippen LogP contribution is -1.97. The first-order valence-corrected chi connectivity index (χ1v) is 4.82. The number of H-pyrrole nitrogens is 1. The van der Waals surface area contributed by atoms with Gasteiger partial charge < -0.3 is 0 Å². The van der Waals surface area contributed by atoms with Gasteiger partial charge in [-0.2, -0.15) is 0 Å². The van der Waals surface area contributed by atoms with E-state index in [-0.39, 0.29) is 0 Å². The van der Waals surface area contributed by atoms with E-state index in [9.17, 15) is 4.79 Å². The van der Waals surface area contributed by atoms with E-state index in [0.717, 1.165) is 10.0 Å². The van der Waals surface area contributed by atoms with Crippen molar-refractivity contribution in [3.8, 4) is 0 Å². The highest BCUT2D eigenvalue weighted by molar-refractivity contribution is 9.10. The van der Waals surface area contributed by atoms with E-state index in [4.69, 9.17) is 0 Å². The summed E-state index contributed by atoms with van der Waals surface area (Å²) in [5, 5.41) is 3.58. The third kappa shape index (κ3) is 2.11. The van der Waals surface area contributed by atoms with Gasteiger partial charge in [-0.25, -0.2) is 4.79 Å². The Labute approximate surface area is 88.1 Å². The van der Waals surface area contributed by atoms with E-state index >= 15 is 0 Å². The summed E-state index contributed by atoms with van der Waals surface area (Å²) in [7, 11) is 0. The Hall–Kier alpha value is -1.36. The van der Waals surface area contributed by atoms with Crippen molar-refractivity contribution >= 4 is 15.9 Å². The maximum absolute atomic E-state index is 10.7. The molecule has 0 radical (unpaired) electrons. The molecule has 14 heavy (non-hydrogen) atoms. The summed E-state index contributed by atoms with van der Waals surface area (Å²) in [6.45, 7) is 0. The topological polar surface area (TPSA) is 58.9 Å². The third-order valence-electron chi connectivity index (χ3n) is 1.75. The molecule has 0 aliphatic heterocycles. The number of hydrogen-bond donors (Lipinski definition) is 1. The number of halogens is 1. The second-order valence-corrected chi connectivity index (χ2v) is 3.76. The van der Waals surface area contributed by atoms with Gasteiger partial charge in [-0.3, -0.25) is 9.51 Å². The fourth-order valence-corrected chi connectivity index (χ4v) is 1.62. The molecule has 2 rings (SSSR count). The summed E-state index contributed by atoms with van der Waals surface area (Å²) in [5.41, 5.74) is 1.06. The molecule has 72 valence electrons.